The van der Waals surface area contributed by atoms with Gasteiger partial charge in [0.25, 0.3) is 0 Å². The third kappa shape index (κ3) is 2.21. The molecule has 18 heavy (non-hydrogen) atoms. The first-order valence-corrected chi connectivity index (χ1v) is 7.69. The van der Waals surface area contributed by atoms with Crippen molar-refractivity contribution in [3.63, 3.8) is 0 Å². The molecule has 2 atom stereocenters. The van der Waals surface area contributed by atoms with Crippen molar-refractivity contribution in [3.05, 3.63) is 35.9 Å². The summed E-state index contributed by atoms with van der Waals surface area (Å²) >= 11 is 0. The highest BCUT2D eigenvalue weighted by molar-refractivity contribution is 5.24. The zero-order valence-corrected chi connectivity index (χ0v) is 11.5. The van der Waals surface area contributed by atoms with Gasteiger partial charge in [-0.3, -0.25) is 4.90 Å². The van der Waals surface area contributed by atoms with Crippen LogP contribution in [-0.4, -0.2) is 24.0 Å². The van der Waals surface area contributed by atoms with E-state index in [0.29, 0.717) is 0 Å². The van der Waals surface area contributed by atoms with Crippen LogP contribution in [0.2, 0.25) is 0 Å². The average Bonchev–Trinajstić information content (AvgIpc) is 2.46. The largest absolute Gasteiger partial charge is 0.300 e. The number of unbranched alkanes of at least 4 members (excludes halogenated alkanes) is 1. The van der Waals surface area contributed by atoms with Gasteiger partial charge < -0.3 is 0 Å². The first-order chi connectivity index (χ1) is 8.90. The molecule has 2 unspecified atom stereocenters. The first kappa shape index (κ1) is 12.2. The van der Waals surface area contributed by atoms with E-state index in [-0.39, 0.29) is 0 Å². The van der Waals surface area contributed by atoms with Gasteiger partial charge in [-0.2, -0.15) is 0 Å². The van der Waals surface area contributed by atoms with Gasteiger partial charge in [0.15, 0.2) is 0 Å². The second-order valence-electron chi connectivity index (χ2n) is 6.02. The fourth-order valence-corrected chi connectivity index (χ4v) is 4.10. The fraction of sp³-hybridized carbons (Fsp3) is 0.647. The molecule has 0 aromatic heterocycles. The Balaban J connectivity index is 1.84. The van der Waals surface area contributed by atoms with Crippen molar-refractivity contribution in [2.75, 3.05) is 13.1 Å². The van der Waals surface area contributed by atoms with Crippen LogP contribution in [0, 0.1) is 5.92 Å². The molecule has 0 spiro atoms. The molecule has 1 nitrogen and oxygen atoms in total. The molecule has 0 amide bonds. The van der Waals surface area contributed by atoms with E-state index >= 15 is 0 Å². The average molecular weight is 243 g/mol. The molecule has 98 valence electrons. The number of hydrogen-bond acceptors (Lipinski definition) is 1. The molecule has 0 aliphatic carbocycles. The van der Waals surface area contributed by atoms with E-state index in [4.69, 9.17) is 0 Å². The summed E-state index contributed by atoms with van der Waals surface area (Å²) in [5, 5.41) is 0. The van der Waals surface area contributed by atoms with Crippen molar-refractivity contribution < 1.29 is 0 Å². The molecule has 3 aliphatic heterocycles. The molecule has 4 rings (SSSR count). The van der Waals surface area contributed by atoms with Crippen LogP contribution in [0.1, 0.15) is 50.5 Å². The SMILES string of the molecule is CCCCC1C(c2ccccc2)C2CCN1CC2. The zero-order valence-electron chi connectivity index (χ0n) is 11.5. The Labute approximate surface area is 111 Å². The van der Waals surface area contributed by atoms with E-state index in [9.17, 15) is 0 Å². The summed E-state index contributed by atoms with van der Waals surface area (Å²) in [4.78, 5) is 2.77. The van der Waals surface area contributed by atoms with Gasteiger partial charge >= 0.3 is 0 Å². The van der Waals surface area contributed by atoms with E-state index in [1.54, 1.807) is 5.56 Å². The van der Waals surface area contributed by atoms with Crippen molar-refractivity contribution in [1.29, 1.82) is 0 Å². The van der Waals surface area contributed by atoms with Gasteiger partial charge in [-0.25, -0.2) is 0 Å². The smallest absolute Gasteiger partial charge is 0.0167 e. The molecule has 0 saturated carbocycles. The minimum absolute atomic E-state index is 0.806. The molecule has 3 saturated heterocycles. The molecule has 0 radical (unpaired) electrons. The second-order valence-corrected chi connectivity index (χ2v) is 6.02. The number of hydrogen-bond donors (Lipinski definition) is 0. The van der Waals surface area contributed by atoms with Crippen LogP contribution in [0.3, 0.4) is 0 Å². The van der Waals surface area contributed by atoms with Gasteiger partial charge in [0.1, 0.15) is 0 Å². The normalized spacial score (nSPS) is 34.7. The topological polar surface area (TPSA) is 3.24 Å². The monoisotopic (exact) mass is 243 g/mol. The molecule has 1 aromatic rings. The summed E-state index contributed by atoms with van der Waals surface area (Å²) in [5.74, 6) is 1.75. The first-order valence-electron chi connectivity index (χ1n) is 7.69. The van der Waals surface area contributed by atoms with Crippen LogP contribution < -0.4 is 0 Å². The summed E-state index contributed by atoms with van der Waals surface area (Å²) in [6, 6.07) is 12.1. The number of rotatable bonds is 4. The quantitative estimate of drug-likeness (QED) is 0.771. The zero-order chi connectivity index (χ0) is 12.4. The Bertz CT molecular complexity index is 364. The molecule has 1 aromatic carbocycles. The third-order valence-electron chi connectivity index (χ3n) is 5.00. The lowest BCUT2D eigenvalue weighted by Gasteiger charge is -2.51. The number of nitrogens with zero attached hydrogens (tertiary/aromatic N) is 1. The van der Waals surface area contributed by atoms with Crippen molar-refractivity contribution in [1.82, 2.24) is 4.90 Å². The van der Waals surface area contributed by atoms with Crippen LogP contribution in [0.25, 0.3) is 0 Å². The van der Waals surface area contributed by atoms with E-state index < -0.39 is 0 Å². The van der Waals surface area contributed by atoms with E-state index in [1.165, 1.54) is 45.2 Å². The highest BCUT2D eigenvalue weighted by atomic mass is 15.2. The van der Waals surface area contributed by atoms with Gasteiger partial charge in [-0.1, -0.05) is 50.1 Å². The van der Waals surface area contributed by atoms with Gasteiger partial charge in [0.2, 0.25) is 0 Å². The van der Waals surface area contributed by atoms with Crippen LogP contribution in [0.5, 0.6) is 0 Å². The number of benzene rings is 1. The van der Waals surface area contributed by atoms with Crippen LogP contribution in [0.15, 0.2) is 30.3 Å². The number of piperidine rings is 3. The molecule has 3 aliphatic rings. The summed E-state index contributed by atoms with van der Waals surface area (Å²) in [5.41, 5.74) is 1.59. The molecule has 3 heterocycles. The van der Waals surface area contributed by atoms with E-state index in [0.717, 1.165) is 17.9 Å². The molecule has 1 heteroatoms. The predicted molar refractivity (Wildman–Crippen MR) is 76.8 cm³/mol. The summed E-state index contributed by atoms with van der Waals surface area (Å²) in [6.07, 6.45) is 6.95. The summed E-state index contributed by atoms with van der Waals surface area (Å²) < 4.78 is 0. The van der Waals surface area contributed by atoms with Crippen molar-refractivity contribution in [2.45, 2.75) is 51.0 Å². The maximum Gasteiger partial charge on any atom is 0.0167 e. The predicted octanol–water partition coefficient (Wildman–Crippen LogP) is 4.05. The van der Waals surface area contributed by atoms with Crippen LogP contribution in [0.4, 0.5) is 0 Å². The van der Waals surface area contributed by atoms with Crippen LogP contribution in [-0.2, 0) is 0 Å². The Morgan fingerprint density at radius 2 is 1.83 bits per heavy atom. The Hall–Kier alpha value is -0.820. The lowest BCUT2D eigenvalue weighted by atomic mass is 9.69. The fourth-order valence-electron chi connectivity index (χ4n) is 4.10. The van der Waals surface area contributed by atoms with Crippen LogP contribution >= 0.6 is 0 Å². The maximum atomic E-state index is 2.77. The molecule has 3 fully saturated rings. The van der Waals surface area contributed by atoms with Crippen molar-refractivity contribution in [3.8, 4) is 0 Å². The van der Waals surface area contributed by atoms with Gasteiger partial charge in [-0.05, 0) is 43.8 Å². The summed E-state index contributed by atoms with van der Waals surface area (Å²) in [6.45, 7) is 5.01. The maximum absolute atomic E-state index is 2.77. The lowest BCUT2D eigenvalue weighted by molar-refractivity contribution is 0.0202. The van der Waals surface area contributed by atoms with Gasteiger partial charge in [-0.15, -0.1) is 0 Å². The number of fused-ring (bicyclic) bond motifs is 3. The van der Waals surface area contributed by atoms with Crippen molar-refractivity contribution >= 4 is 0 Å². The summed E-state index contributed by atoms with van der Waals surface area (Å²) in [7, 11) is 0. The molecular weight excluding hydrogens is 218 g/mol. The highest BCUT2D eigenvalue weighted by Crippen LogP contribution is 2.44. The van der Waals surface area contributed by atoms with Gasteiger partial charge in [0.05, 0.1) is 0 Å². The van der Waals surface area contributed by atoms with Crippen molar-refractivity contribution in [2.24, 2.45) is 5.92 Å². The molecular formula is C17H25N. The Kier molecular flexibility index (Phi) is 3.69. The lowest BCUT2D eigenvalue weighted by Crippen LogP contribution is -2.53. The van der Waals surface area contributed by atoms with Gasteiger partial charge in [0, 0.05) is 12.0 Å². The Morgan fingerprint density at radius 3 is 2.50 bits per heavy atom. The minimum Gasteiger partial charge on any atom is -0.300 e. The van der Waals surface area contributed by atoms with E-state index in [1.807, 2.05) is 0 Å². The third-order valence-corrected chi connectivity index (χ3v) is 5.00. The standard InChI is InChI=1S/C17H25N/c1-2-3-9-16-17(14-7-5-4-6-8-14)15-10-12-18(16)13-11-15/h4-8,15-17H,2-3,9-13H2,1H3. The van der Waals surface area contributed by atoms with E-state index in [2.05, 4.69) is 42.2 Å². The molecule has 2 bridgehead atoms. The Morgan fingerprint density at radius 1 is 1.11 bits per heavy atom. The minimum atomic E-state index is 0.806. The second kappa shape index (κ2) is 5.44. The molecule has 0 N–H and O–H groups in total. The highest BCUT2D eigenvalue weighted by Gasteiger charge is 2.41.